The van der Waals surface area contributed by atoms with Gasteiger partial charge in [0.15, 0.2) is 0 Å². The van der Waals surface area contributed by atoms with Crippen molar-refractivity contribution in [3.63, 3.8) is 0 Å². The zero-order valence-electron chi connectivity index (χ0n) is 22.6. The minimum absolute atomic E-state index is 0.0445. The summed E-state index contributed by atoms with van der Waals surface area (Å²) < 4.78 is 0. The van der Waals surface area contributed by atoms with Crippen LogP contribution in [0.3, 0.4) is 0 Å². The molecule has 0 aliphatic heterocycles. The van der Waals surface area contributed by atoms with Crippen LogP contribution in [0.15, 0.2) is 0 Å². The lowest BCUT2D eigenvalue weighted by atomic mass is 9.88. The van der Waals surface area contributed by atoms with Gasteiger partial charge in [-0.2, -0.15) is 0 Å². The zero-order chi connectivity index (χ0) is 24.9. The molecule has 34 heavy (non-hydrogen) atoms. The third-order valence-electron chi connectivity index (χ3n) is 7.44. The Morgan fingerprint density at radius 3 is 1.74 bits per heavy atom. The number of rotatable bonds is 21. The maximum Gasteiger partial charge on any atom is 0.223 e. The van der Waals surface area contributed by atoms with Gasteiger partial charge in [-0.05, 0) is 38.5 Å². The van der Waals surface area contributed by atoms with E-state index in [1.807, 2.05) is 0 Å². The summed E-state index contributed by atoms with van der Waals surface area (Å²) in [6.07, 6.45) is 23.1. The van der Waals surface area contributed by atoms with E-state index in [-0.39, 0.29) is 36.4 Å². The largest absolute Gasteiger partial charge is 0.396 e. The minimum atomic E-state index is 0.0445. The number of aliphatic hydroxyl groups is 1. The summed E-state index contributed by atoms with van der Waals surface area (Å²) in [5, 5.41) is 15.5. The second kappa shape index (κ2) is 21.2. The third kappa shape index (κ3) is 15.0. The van der Waals surface area contributed by atoms with Crippen LogP contribution in [-0.2, 0) is 9.59 Å². The molecule has 0 aromatic rings. The van der Waals surface area contributed by atoms with Crippen LogP contribution in [0, 0.1) is 5.92 Å². The number of unbranched alkanes of at least 4 members (excludes halogenated alkanes) is 11. The molecule has 1 aliphatic carbocycles. The summed E-state index contributed by atoms with van der Waals surface area (Å²) in [5.74, 6) is 0.378. The van der Waals surface area contributed by atoms with E-state index in [9.17, 15) is 9.59 Å². The van der Waals surface area contributed by atoms with E-state index in [2.05, 4.69) is 24.5 Å². The molecule has 1 unspecified atom stereocenters. The molecule has 0 aromatic heterocycles. The molecule has 3 N–H and O–H groups in total. The molecular weight excluding hydrogens is 424 g/mol. The van der Waals surface area contributed by atoms with Crippen LogP contribution in [0.5, 0.6) is 0 Å². The van der Waals surface area contributed by atoms with Crippen molar-refractivity contribution >= 4 is 11.8 Å². The van der Waals surface area contributed by atoms with E-state index >= 15 is 0 Å². The van der Waals surface area contributed by atoms with Gasteiger partial charge >= 0.3 is 0 Å². The first-order valence-corrected chi connectivity index (χ1v) is 14.8. The predicted octanol–water partition coefficient (Wildman–Crippen LogP) is 6.81. The second-order valence-corrected chi connectivity index (χ2v) is 10.6. The van der Waals surface area contributed by atoms with E-state index in [1.54, 1.807) is 0 Å². The predicted molar refractivity (Wildman–Crippen MR) is 143 cm³/mol. The minimum Gasteiger partial charge on any atom is -0.396 e. The number of carbonyl (C=O) groups is 2. The standard InChI is InChI=1S/C29H56N2O3/c1-3-5-7-9-10-12-14-20-25(19-13-11-8-6-4-2)29(34)31-27-22-16-15-21-26(27)30-28(33)23-17-18-24-32/h25-27,32H,3-24H2,1-2H3,(H,30,33)(H,31,34)/t25?,26-,27-/m0/s1. The van der Waals surface area contributed by atoms with Gasteiger partial charge in [0.2, 0.25) is 11.8 Å². The topological polar surface area (TPSA) is 78.4 Å². The molecule has 5 heteroatoms. The fraction of sp³-hybridized carbons (Fsp3) is 0.931. The number of carbonyl (C=O) groups excluding carboxylic acids is 2. The van der Waals surface area contributed by atoms with Crippen molar-refractivity contribution in [2.75, 3.05) is 6.61 Å². The smallest absolute Gasteiger partial charge is 0.223 e. The molecule has 5 nitrogen and oxygen atoms in total. The van der Waals surface area contributed by atoms with Gasteiger partial charge in [-0.1, -0.05) is 104 Å². The summed E-state index contributed by atoms with van der Waals surface area (Å²) in [5.41, 5.74) is 0. The molecule has 200 valence electrons. The lowest BCUT2D eigenvalue weighted by molar-refractivity contribution is -0.128. The quantitative estimate of drug-likeness (QED) is 0.158. The zero-order valence-corrected chi connectivity index (χ0v) is 22.6. The molecular formula is C29H56N2O3. The van der Waals surface area contributed by atoms with Gasteiger partial charge in [-0.15, -0.1) is 0 Å². The summed E-state index contributed by atoms with van der Waals surface area (Å²) in [6.45, 7) is 4.63. The highest BCUT2D eigenvalue weighted by Crippen LogP contribution is 2.23. The van der Waals surface area contributed by atoms with Gasteiger partial charge in [-0.25, -0.2) is 0 Å². The van der Waals surface area contributed by atoms with Gasteiger partial charge in [0.25, 0.3) is 0 Å². The number of hydrogen-bond donors (Lipinski definition) is 3. The van der Waals surface area contributed by atoms with Crippen LogP contribution < -0.4 is 10.6 Å². The second-order valence-electron chi connectivity index (χ2n) is 10.6. The van der Waals surface area contributed by atoms with Gasteiger partial charge in [0.05, 0.1) is 0 Å². The summed E-state index contributed by atoms with van der Waals surface area (Å²) >= 11 is 0. The molecule has 1 rings (SSSR count). The summed E-state index contributed by atoms with van der Waals surface area (Å²) in [7, 11) is 0. The lowest BCUT2D eigenvalue weighted by Crippen LogP contribution is -2.54. The number of amides is 2. The Balaban J connectivity index is 2.54. The van der Waals surface area contributed by atoms with Gasteiger partial charge in [0.1, 0.15) is 0 Å². The van der Waals surface area contributed by atoms with Crippen LogP contribution in [0.25, 0.3) is 0 Å². The lowest BCUT2D eigenvalue weighted by Gasteiger charge is -2.34. The Kier molecular flexibility index (Phi) is 19.3. The van der Waals surface area contributed by atoms with Crippen molar-refractivity contribution in [3.05, 3.63) is 0 Å². The molecule has 0 bridgehead atoms. The van der Waals surface area contributed by atoms with Crippen molar-refractivity contribution in [1.29, 1.82) is 0 Å². The van der Waals surface area contributed by atoms with E-state index in [0.717, 1.165) is 51.4 Å². The molecule has 3 atom stereocenters. The number of nitrogens with one attached hydrogen (secondary N) is 2. The fourth-order valence-electron chi connectivity index (χ4n) is 5.20. The molecule has 0 saturated heterocycles. The van der Waals surface area contributed by atoms with Crippen LogP contribution in [0.2, 0.25) is 0 Å². The third-order valence-corrected chi connectivity index (χ3v) is 7.44. The van der Waals surface area contributed by atoms with Gasteiger partial charge in [-0.3, -0.25) is 9.59 Å². The average Bonchev–Trinajstić information content (AvgIpc) is 2.83. The number of hydrogen-bond acceptors (Lipinski definition) is 3. The fourth-order valence-corrected chi connectivity index (χ4v) is 5.20. The molecule has 1 saturated carbocycles. The molecule has 0 radical (unpaired) electrons. The highest BCUT2D eigenvalue weighted by atomic mass is 16.3. The van der Waals surface area contributed by atoms with Crippen LogP contribution in [-0.4, -0.2) is 35.6 Å². The first-order valence-electron chi connectivity index (χ1n) is 14.8. The van der Waals surface area contributed by atoms with Crippen molar-refractivity contribution in [1.82, 2.24) is 10.6 Å². The molecule has 0 heterocycles. The first kappa shape index (κ1) is 30.9. The SMILES string of the molecule is CCCCCCCCCC(CCCCCCC)C(=O)N[C@H]1CCCC[C@@H]1NC(=O)CCCCO. The Morgan fingerprint density at radius 2 is 1.21 bits per heavy atom. The molecule has 1 fully saturated rings. The molecule has 2 amide bonds. The highest BCUT2D eigenvalue weighted by molar-refractivity contribution is 5.79. The Bertz CT molecular complexity index is 512. The van der Waals surface area contributed by atoms with Gasteiger partial charge in [0, 0.05) is 31.0 Å². The Morgan fingerprint density at radius 1 is 0.706 bits per heavy atom. The van der Waals surface area contributed by atoms with E-state index in [0.29, 0.717) is 19.3 Å². The Labute approximate surface area is 210 Å². The highest BCUT2D eigenvalue weighted by Gasteiger charge is 2.29. The Hall–Kier alpha value is -1.10. The average molecular weight is 481 g/mol. The summed E-state index contributed by atoms with van der Waals surface area (Å²) in [6, 6.07) is 0.0998. The normalized spacial score (nSPS) is 19.0. The van der Waals surface area contributed by atoms with E-state index in [1.165, 1.54) is 64.2 Å². The van der Waals surface area contributed by atoms with Crippen LogP contribution in [0.4, 0.5) is 0 Å². The van der Waals surface area contributed by atoms with Crippen LogP contribution >= 0.6 is 0 Å². The molecule has 0 spiro atoms. The van der Waals surface area contributed by atoms with E-state index < -0.39 is 0 Å². The van der Waals surface area contributed by atoms with Crippen molar-refractivity contribution in [2.45, 2.75) is 161 Å². The van der Waals surface area contributed by atoms with E-state index in [4.69, 9.17) is 5.11 Å². The van der Waals surface area contributed by atoms with Crippen LogP contribution in [0.1, 0.15) is 149 Å². The van der Waals surface area contributed by atoms with Crippen molar-refractivity contribution < 1.29 is 14.7 Å². The number of aliphatic hydroxyl groups excluding tert-OH is 1. The first-order chi connectivity index (χ1) is 16.6. The monoisotopic (exact) mass is 480 g/mol. The summed E-state index contributed by atoms with van der Waals surface area (Å²) in [4.78, 5) is 25.7. The maximum atomic E-state index is 13.3. The van der Waals surface area contributed by atoms with Crippen molar-refractivity contribution in [3.8, 4) is 0 Å². The maximum absolute atomic E-state index is 13.3. The van der Waals surface area contributed by atoms with Crippen molar-refractivity contribution in [2.24, 2.45) is 5.92 Å². The molecule has 1 aliphatic rings. The van der Waals surface area contributed by atoms with Gasteiger partial charge < -0.3 is 15.7 Å². The molecule has 0 aromatic carbocycles.